The van der Waals surface area contributed by atoms with Crippen molar-refractivity contribution in [3.05, 3.63) is 30.4 Å². The summed E-state index contributed by atoms with van der Waals surface area (Å²) < 4.78 is 12.6. The van der Waals surface area contributed by atoms with Crippen LogP contribution >= 0.6 is 0 Å². The van der Waals surface area contributed by atoms with Crippen LogP contribution in [0.2, 0.25) is 0 Å². The predicted molar refractivity (Wildman–Crippen MR) is 105 cm³/mol. The number of rotatable bonds is 4. The van der Waals surface area contributed by atoms with E-state index in [2.05, 4.69) is 15.5 Å². The SMILES string of the molecule is COc1ccc(OC)c(NC(=O)N2CC(c3nncn3C)C3(CCCC3)C2)c1. The quantitative estimate of drug-likeness (QED) is 0.875. The van der Waals surface area contributed by atoms with E-state index in [1.807, 2.05) is 22.6 Å². The lowest BCUT2D eigenvalue weighted by atomic mass is 9.76. The maximum absolute atomic E-state index is 13.1. The van der Waals surface area contributed by atoms with Crippen LogP contribution in [-0.2, 0) is 7.05 Å². The molecule has 2 aromatic rings. The zero-order valence-corrected chi connectivity index (χ0v) is 16.6. The third-order valence-corrected chi connectivity index (χ3v) is 6.24. The molecule has 1 aliphatic carbocycles. The Morgan fingerprint density at radius 3 is 2.68 bits per heavy atom. The number of urea groups is 1. The van der Waals surface area contributed by atoms with E-state index in [9.17, 15) is 4.79 Å². The summed E-state index contributed by atoms with van der Waals surface area (Å²) in [6, 6.07) is 5.25. The molecule has 1 aromatic carbocycles. The fraction of sp³-hybridized carbons (Fsp3) is 0.550. The molecule has 1 spiro atoms. The number of nitrogens with zero attached hydrogens (tertiary/aromatic N) is 4. The van der Waals surface area contributed by atoms with E-state index in [1.165, 1.54) is 12.8 Å². The second-order valence-electron chi connectivity index (χ2n) is 7.80. The molecule has 1 aromatic heterocycles. The van der Waals surface area contributed by atoms with Gasteiger partial charge in [-0.25, -0.2) is 4.79 Å². The number of hydrogen-bond acceptors (Lipinski definition) is 5. The summed E-state index contributed by atoms with van der Waals surface area (Å²) in [7, 11) is 5.16. The molecule has 8 heteroatoms. The van der Waals surface area contributed by atoms with Gasteiger partial charge in [-0.15, -0.1) is 10.2 Å². The number of methoxy groups -OCH3 is 2. The third kappa shape index (κ3) is 3.16. The first-order valence-corrected chi connectivity index (χ1v) is 9.68. The van der Waals surface area contributed by atoms with Crippen LogP contribution in [0.15, 0.2) is 24.5 Å². The average molecular weight is 385 g/mol. The molecule has 2 aliphatic rings. The lowest BCUT2D eigenvalue weighted by molar-refractivity contribution is 0.212. The van der Waals surface area contributed by atoms with Gasteiger partial charge in [-0.2, -0.15) is 0 Å². The minimum absolute atomic E-state index is 0.0938. The van der Waals surface area contributed by atoms with Gasteiger partial charge in [0.05, 0.1) is 19.9 Å². The molecule has 4 rings (SSSR count). The normalized spacial score (nSPS) is 20.5. The zero-order valence-electron chi connectivity index (χ0n) is 16.6. The summed E-state index contributed by atoms with van der Waals surface area (Å²) in [4.78, 5) is 15.0. The van der Waals surface area contributed by atoms with E-state index in [4.69, 9.17) is 9.47 Å². The molecule has 8 nitrogen and oxygen atoms in total. The van der Waals surface area contributed by atoms with Crippen molar-refractivity contribution in [2.45, 2.75) is 31.6 Å². The number of nitrogens with one attached hydrogen (secondary N) is 1. The van der Waals surface area contributed by atoms with E-state index in [0.29, 0.717) is 23.7 Å². The van der Waals surface area contributed by atoms with Crippen LogP contribution in [0, 0.1) is 5.41 Å². The van der Waals surface area contributed by atoms with Crippen molar-refractivity contribution in [2.75, 3.05) is 32.6 Å². The molecule has 1 atom stereocenters. The Bertz CT molecular complexity index is 859. The van der Waals surface area contributed by atoms with Crippen molar-refractivity contribution in [3.8, 4) is 11.5 Å². The first kappa shape index (κ1) is 18.6. The molecule has 28 heavy (non-hydrogen) atoms. The highest BCUT2D eigenvalue weighted by Gasteiger charge is 2.51. The van der Waals surface area contributed by atoms with Crippen LogP contribution in [0.1, 0.15) is 37.4 Å². The summed E-state index contributed by atoms with van der Waals surface area (Å²) in [6.07, 6.45) is 6.39. The summed E-state index contributed by atoms with van der Waals surface area (Å²) in [5, 5.41) is 11.4. The van der Waals surface area contributed by atoms with Gasteiger partial charge in [-0.05, 0) is 30.4 Å². The minimum atomic E-state index is -0.123. The Hall–Kier alpha value is -2.77. The van der Waals surface area contributed by atoms with E-state index in [-0.39, 0.29) is 17.4 Å². The number of aryl methyl sites for hydroxylation is 1. The predicted octanol–water partition coefficient (Wildman–Crippen LogP) is 3.02. The van der Waals surface area contributed by atoms with Crippen LogP contribution in [0.4, 0.5) is 10.5 Å². The highest BCUT2D eigenvalue weighted by molar-refractivity contribution is 5.91. The summed E-state index contributed by atoms with van der Waals surface area (Å²) in [5.74, 6) is 2.45. The van der Waals surface area contributed by atoms with E-state index >= 15 is 0 Å². The first-order valence-electron chi connectivity index (χ1n) is 9.68. The second kappa shape index (κ2) is 7.33. The number of amides is 2. The number of aromatic nitrogens is 3. The van der Waals surface area contributed by atoms with Crippen LogP contribution in [-0.4, -0.2) is 53.0 Å². The fourth-order valence-corrected chi connectivity index (χ4v) is 4.78. The van der Waals surface area contributed by atoms with Crippen molar-refractivity contribution in [3.63, 3.8) is 0 Å². The molecule has 1 aliphatic heterocycles. The Balaban J connectivity index is 1.57. The maximum atomic E-state index is 13.1. The summed E-state index contributed by atoms with van der Waals surface area (Å²) >= 11 is 0. The van der Waals surface area contributed by atoms with E-state index in [0.717, 1.165) is 25.2 Å². The van der Waals surface area contributed by atoms with Crippen molar-refractivity contribution < 1.29 is 14.3 Å². The Kier molecular flexibility index (Phi) is 4.87. The van der Waals surface area contributed by atoms with Gasteiger partial charge < -0.3 is 24.3 Å². The zero-order chi connectivity index (χ0) is 19.7. The molecule has 2 heterocycles. The molecule has 150 valence electrons. The molecule has 1 saturated heterocycles. The topological polar surface area (TPSA) is 81.5 Å². The molecule has 1 N–H and O–H groups in total. The molecular weight excluding hydrogens is 358 g/mol. The van der Waals surface area contributed by atoms with Crippen molar-refractivity contribution >= 4 is 11.7 Å². The maximum Gasteiger partial charge on any atom is 0.321 e. The summed E-state index contributed by atoms with van der Waals surface area (Å²) in [5.41, 5.74) is 0.700. The van der Waals surface area contributed by atoms with Gasteiger partial charge in [0.15, 0.2) is 0 Å². The van der Waals surface area contributed by atoms with E-state index < -0.39 is 0 Å². The number of anilines is 1. The van der Waals surface area contributed by atoms with Crippen LogP contribution < -0.4 is 14.8 Å². The average Bonchev–Trinajstić information content (AvgIpc) is 3.43. The number of hydrogen-bond donors (Lipinski definition) is 1. The smallest absolute Gasteiger partial charge is 0.321 e. The summed E-state index contributed by atoms with van der Waals surface area (Å²) in [6.45, 7) is 1.38. The van der Waals surface area contributed by atoms with Crippen molar-refractivity contribution in [1.29, 1.82) is 0 Å². The number of carbonyl (C=O) groups is 1. The molecule has 1 saturated carbocycles. The van der Waals surface area contributed by atoms with Gasteiger partial charge in [-0.3, -0.25) is 0 Å². The molecule has 0 bridgehead atoms. The molecular formula is C20H27N5O3. The van der Waals surface area contributed by atoms with Gasteiger partial charge in [0.1, 0.15) is 23.7 Å². The van der Waals surface area contributed by atoms with Crippen LogP contribution in [0.5, 0.6) is 11.5 Å². The van der Waals surface area contributed by atoms with Gasteiger partial charge >= 0.3 is 6.03 Å². The monoisotopic (exact) mass is 385 g/mol. The highest BCUT2D eigenvalue weighted by Crippen LogP contribution is 2.53. The lowest BCUT2D eigenvalue weighted by Crippen LogP contribution is -2.34. The van der Waals surface area contributed by atoms with Gasteiger partial charge in [-0.1, -0.05) is 12.8 Å². The standard InChI is InChI=1S/C20H27N5O3/c1-24-13-21-23-18(24)15-11-25(12-20(15)8-4-5-9-20)19(26)22-16-10-14(27-2)6-7-17(16)28-3/h6-7,10,13,15H,4-5,8-9,11-12H2,1-3H3,(H,22,26). The number of likely N-dealkylation sites (tertiary alicyclic amines) is 1. The van der Waals surface area contributed by atoms with Crippen LogP contribution in [0.3, 0.4) is 0 Å². The molecule has 2 amide bonds. The van der Waals surface area contributed by atoms with Gasteiger partial charge in [0.2, 0.25) is 0 Å². The Morgan fingerprint density at radius 1 is 1.25 bits per heavy atom. The Labute approximate surface area is 164 Å². The van der Waals surface area contributed by atoms with Crippen molar-refractivity contribution in [1.82, 2.24) is 19.7 Å². The molecule has 1 unspecified atom stereocenters. The molecule has 0 radical (unpaired) electrons. The first-order chi connectivity index (χ1) is 13.6. The lowest BCUT2D eigenvalue weighted by Gasteiger charge is -2.28. The molecule has 2 fully saturated rings. The van der Waals surface area contributed by atoms with E-state index in [1.54, 1.807) is 32.7 Å². The van der Waals surface area contributed by atoms with Crippen LogP contribution in [0.25, 0.3) is 0 Å². The fourth-order valence-electron chi connectivity index (χ4n) is 4.78. The number of benzene rings is 1. The van der Waals surface area contributed by atoms with Gasteiger partial charge in [0, 0.05) is 32.1 Å². The highest BCUT2D eigenvalue weighted by atomic mass is 16.5. The van der Waals surface area contributed by atoms with Gasteiger partial charge in [0.25, 0.3) is 0 Å². The number of carbonyl (C=O) groups excluding carboxylic acids is 1. The third-order valence-electron chi connectivity index (χ3n) is 6.24. The second-order valence-corrected chi connectivity index (χ2v) is 7.80. The van der Waals surface area contributed by atoms with Crippen molar-refractivity contribution in [2.24, 2.45) is 12.5 Å². The largest absolute Gasteiger partial charge is 0.497 e. The Morgan fingerprint density at radius 2 is 2.04 bits per heavy atom. The minimum Gasteiger partial charge on any atom is -0.497 e. The number of ether oxygens (including phenoxy) is 2.